The summed E-state index contributed by atoms with van der Waals surface area (Å²) in [6.07, 6.45) is 0. The SMILES string of the molecule is CC.CC(C)C(C)(C)OB(O)c1ccc(C(=O)O)cc1. The molecule has 20 heavy (non-hydrogen) atoms. The molecule has 4 nitrogen and oxygen atoms in total. The average molecular weight is 280 g/mol. The smallest absolute Gasteiger partial charge is 0.478 e. The normalized spacial score (nSPS) is 10.8. The van der Waals surface area contributed by atoms with E-state index in [0.717, 1.165) is 0 Å². The molecule has 0 unspecified atom stereocenters. The molecular weight excluding hydrogens is 255 g/mol. The van der Waals surface area contributed by atoms with Gasteiger partial charge in [0, 0.05) is 0 Å². The lowest BCUT2D eigenvalue weighted by molar-refractivity contribution is 0.0423. The van der Waals surface area contributed by atoms with Crippen molar-refractivity contribution in [2.45, 2.75) is 47.1 Å². The van der Waals surface area contributed by atoms with Gasteiger partial charge in [-0.25, -0.2) is 4.79 Å². The fourth-order valence-corrected chi connectivity index (χ4v) is 1.28. The fraction of sp³-hybridized carbons (Fsp3) is 0.533. The van der Waals surface area contributed by atoms with Crippen molar-refractivity contribution in [2.75, 3.05) is 0 Å². The van der Waals surface area contributed by atoms with Crippen molar-refractivity contribution < 1.29 is 19.6 Å². The molecule has 0 aliphatic heterocycles. The van der Waals surface area contributed by atoms with Gasteiger partial charge in [0.1, 0.15) is 0 Å². The lowest BCUT2D eigenvalue weighted by atomic mass is 9.77. The molecule has 0 fully saturated rings. The van der Waals surface area contributed by atoms with Crippen molar-refractivity contribution in [1.82, 2.24) is 0 Å². The van der Waals surface area contributed by atoms with Gasteiger partial charge >= 0.3 is 13.1 Å². The van der Waals surface area contributed by atoms with Gasteiger partial charge in [0.05, 0.1) is 11.2 Å². The second-order valence-corrected chi connectivity index (χ2v) is 5.16. The van der Waals surface area contributed by atoms with E-state index in [2.05, 4.69) is 0 Å². The Morgan fingerprint density at radius 2 is 1.65 bits per heavy atom. The molecule has 1 aromatic rings. The van der Waals surface area contributed by atoms with E-state index in [9.17, 15) is 9.82 Å². The second-order valence-electron chi connectivity index (χ2n) is 5.16. The average Bonchev–Trinajstić information content (AvgIpc) is 2.40. The van der Waals surface area contributed by atoms with E-state index >= 15 is 0 Å². The Hall–Kier alpha value is -1.33. The van der Waals surface area contributed by atoms with E-state index in [4.69, 9.17) is 9.76 Å². The highest BCUT2D eigenvalue weighted by molar-refractivity contribution is 6.60. The second kappa shape index (κ2) is 8.07. The van der Waals surface area contributed by atoms with Gasteiger partial charge in [-0.2, -0.15) is 0 Å². The molecule has 0 bridgehead atoms. The van der Waals surface area contributed by atoms with Gasteiger partial charge in [-0.1, -0.05) is 39.8 Å². The van der Waals surface area contributed by atoms with Gasteiger partial charge in [-0.15, -0.1) is 0 Å². The monoisotopic (exact) mass is 280 g/mol. The van der Waals surface area contributed by atoms with Crippen molar-refractivity contribution in [3.8, 4) is 0 Å². The number of carboxylic acids is 1. The third-order valence-corrected chi connectivity index (χ3v) is 3.25. The number of benzene rings is 1. The number of aromatic carboxylic acids is 1. The van der Waals surface area contributed by atoms with Crippen LogP contribution in [0.25, 0.3) is 0 Å². The largest absolute Gasteiger partial charge is 0.491 e. The highest BCUT2D eigenvalue weighted by Gasteiger charge is 2.30. The predicted octanol–water partition coefficient (Wildman–Crippen LogP) is 2.55. The summed E-state index contributed by atoms with van der Waals surface area (Å²) in [5.41, 5.74) is 0.285. The molecule has 1 aromatic carbocycles. The summed E-state index contributed by atoms with van der Waals surface area (Å²) in [6.45, 7) is 11.8. The molecule has 0 radical (unpaired) electrons. The maximum absolute atomic E-state index is 10.7. The van der Waals surface area contributed by atoms with Crippen LogP contribution < -0.4 is 5.46 Å². The summed E-state index contributed by atoms with van der Waals surface area (Å²) in [4.78, 5) is 10.7. The zero-order valence-electron chi connectivity index (χ0n) is 13.2. The van der Waals surface area contributed by atoms with Crippen LogP contribution in [0.15, 0.2) is 24.3 Å². The van der Waals surface area contributed by atoms with Crippen LogP contribution in [0.4, 0.5) is 0 Å². The van der Waals surface area contributed by atoms with Gasteiger partial charge in [-0.3, -0.25) is 0 Å². The molecule has 0 aliphatic carbocycles. The van der Waals surface area contributed by atoms with E-state index in [1.165, 1.54) is 12.1 Å². The molecule has 0 saturated heterocycles. The Kier molecular flexibility index (Phi) is 7.54. The standard InChI is InChI=1S/C13H19BO4.C2H6/c1-9(2)13(3,4)18-14(17)11-7-5-10(6-8-11)12(15)16;1-2/h5-9,17H,1-4H3,(H,15,16);1-2H3. The fourth-order valence-electron chi connectivity index (χ4n) is 1.28. The minimum atomic E-state index is -1.05. The van der Waals surface area contributed by atoms with Crippen LogP contribution in [0.1, 0.15) is 51.9 Å². The number of hydrogen-bond acceptors (Lipinski definition) is 3. The first kappa shape index (κ1) is 18.7. The summed E-state index contributed by atoms with van der Waals surface area (Å²) >= 11 is 0. The Labute approximate surface area is 121 Å². The Morgan fingerprint density at radius 3 is 2.00 bits per heavy atom. The minimum Gasteiger partial charge on any atom is -0.478 e. The van der Waals surface area contributed by atoms with Gasteiger partial charge in [0.25, 0.3) is 0 Å². The molecule has 0 amide bonds. The predicted molar refractivity (Wildman–Crippen MR) is 82.4 cm³/mol. The highest BCUT2D eigenvalue weighted by atomic mass is 16.5. The van der Waals surface area contributed by atoms with E-state index in [-0.39, 0.29) is 11.5 Å². The molecule has 0 aliphatic rings. The Bertz CT molecular complexity index is 412. The first-order chi connectivity index (χ1) is 9.24. The van der Waals surface area contributed by atoms with Crippen molar-refractivity contribution >= 4 is 18.6 Å². The molecule has 0 saturated carbocycles. The van der Waals surface area contributed by atoms with Crippen LogP contribution in [0.2, 0.25) is 0 Å². The van der Waals surface area contributed by atoms with Gasteiger partial charge in [0.2, 0.25) is 0 Å². The van der Waals surface area contributed by atoms with Crippen LogP contribution in [-0.2, 0) is 4.65 Å². The van der Waals surface area contributed by atoms with E-state index < -0.39 is 18.7 Å². The summed E-state index contributed by atoms with van der Waals surface area (Å²) in [5.74, 6) is -0.732. The third kappa shape index (κ3) is 5.35. The molecule has 0 heterocycles. The van der Waals surface area contributed by atoms with E-state index in [0.29, 0.717) is 5.46 Å². The molecule has 1 rings (SSSR count). The molecule has 5 heteroatoms. The van der Waals surface area contributed by atoms with Crippen LogP contribution in [0, 0.1) is 5.92 Å². The van der Waals surface area contributed by atoms with E-state index in [1.54, 1.807) is 12.1 Å². The summed E-state index contributed by atoms with van der Waals surface area (Å²) in [6, 6.07) is 6.02. The number of rotatable bonds is 5. The minimum absolute atomic E-state index is 0.189. The summed E-state index contributed by atoms with van der Waals surface area (Å²) < 4.78 is 5.59. The molecule has 112 valence electrons. The third-order valence-electron chi connectivity index (χ3n) is 3.25. The Morgan fingerprint density at radius 1 is 1.20 bits per heavy atom. The van der Waals surface area contributed by atoms with Crippen molar-refractivity contribution in [2.24, 2.45) is 5.92 Å². The van der Waals surface area contributed by atoms with Gasteiger partial charge in [-0.05, 0) is 37.4 Å². The number of carbonyl (C=O) groups is 1. The molecule has 0 aromatic heterocycles. The van der Waals surface area contributed by atoms with Crippen LogP contribution >= 0.6 is 0 Å². The van der Waals surface area contributed by atoms with E-state index in [1.807, 2.05) is 41.5 Å². The topological polar surface area (TPSA) is 66.8 Å². The molecule has 0 atom stereocenters. The molecule has 2 N–H and O–H groups in total. The summed E-state index contributed by atoms with van der Waals surface area (Å²) in [7, 11) is -1.05. The van der Waals surface area contributed by atoms with Gasteiger partial charge < -0.3 is 14.8 Å². The van der Waals surface area contributed by atoms with Crippen molar-refractivity contribution in [1.29, 1.82) is 0 Å². The van der Waals surface area contributed by atoms with Crippen LogP contribution in [0.3, 0.4) is 0 Å². The zero-order chi connectivity index (χ0) is 15.9. The lowest BCUT2D eigenvalue weighted by Gasteiger charge is -2.31. The zero-order valence-corrected chi connectivity index (χ0v) is 13.2. The van der Waals surface area contributed by atoms with Crippen LogP contribution in [-0.4, -0.2) is 28.8 Å². The number of hydrogen-bond donors (Lipinski definition) is 2. The Balaban J connectivity index is 0.00000172. The highest BCUT2D eigenvalue weighted by Crippen LogP contribution is 2.20. The maximum Gasteiger partial charge on any atom is 0.491 e. The quantitative estimate of drug-likeness (QED) is 0.813. The maximum atomic E-state index is 10.7. The van der Waals surface area contributed by atoms with Crippen LogP contribution in [0.5, 0.6) is 0 Å². The number of carboxylic acid groups (broad SMARTS) is 1. The van der Waals surface area contributed by atoms with Crippen molar-refractivity contribution in [3.63, 3.8) is 0 Å². The summed E-state index contributed by atoms with van der Waals surface area (Å²) in [5, 5.41) is 18.7. The van der Waals surface area contributed by atoms with Gasteiger partial charge in [0.15, 0.2) is 0 Å². The lowest BCUT2D eigenvalue weighted by Crippen LogP contribution is -2.44. The first-order valence-corrected chi connectivity index (χ1v) is 6.93. The van der Waals surface area contributed by atoms with Crippen molar-refractivity contribution in [3.05, 3.63) is 29.8 Å². The first-order valence-electron chi connectivity index (χ1n) is 6.93. The molecular formula is C15H25BO4. The molecule has 0 spiro atoms.